The van der Waals surface area contributed by atoms with Gasteiger partial charge < -0.3 is 14.7 Å². The third-order valence-corrected chi connectivity index (χ3v) is 5.20. The van der Waals surface area contributed by atoms with E-state index in [1.54, 1.807) is 0 Å². The van der Waals surface area contributed by atoms with Crippen molar-refractivity contribution in [1.29, 1.82) is 0 Å². The highest BCUT2D eigenvalue weighted by molar-refractivity contribution is 5.74. The Bertz CT molecular complexity index is 708. The molecule has 3 rings (SSSR count). The van der Waals surface area contributed by atoms with E-state index < -0.39 is 0 Å². The average molecular weight is 345 g/mol. The van der Waals surface area contributed by atoms with E-state index in [0.29, 0.717) is 12.5 Å². The number of aromatic nitrogens is 3. The van der Waals surface area contributed by atoms with Gasteiger partial charge in [-0.2, -0.15) is 5.10 Å². The monoisotopic (exact) mass is 345 g/mol. The molecule has 136 valence electrons. The zero-order valence-electron chi connectivity index (χ0n) is 15.5. The molecule has 7 heteroatoms. The quantitative estimate of drug-likeness (QED) is 0.924. The summed E-state index contributed by atoms with van der Waals surface area (Å²) in [7, 11) is 1.98. The van der Waals surface area contributed by atoms with Crippen LogP contribution in [-0.4, -0.2) is 45.5 Å². The van der Waals surface area contributed by atoms with Gasteiger partial charge >= 0.3 is 6.03 Å². The molecule has 0 saturated carbocycles. The van der Waals surface area contributed by atoms with Crippen molar-refractivity contribution in [2.24, 2.45) is 7.05 Å². The maximum Gasteiger partial charge on any atom is 0.317 e. The van der Waals surface area contributed by atoms with Gasteiger partial charge in [0.1, 0.15) is 5.76 Å². The molecule has 1 unspecified atom stereocenters. The predicted molar refractivity (Wildman–Crippen MR) is 94.5 cm³/mol. The molecular weight excluding hydrogens is 318 g/mol. The molecule has 1 atom stereocenters. The fourth-order valence-corrected chi connectivity index (χ4v) is 3.81. The van der Waals surface area contributed by atoms with Gasteiger partial charge in [-0.3, -0.25) is 4.68 Å². The summed E-state index contributed by atoms with van der Waals surface area (Å²) in [5.41, 5.74) is 3.25. The highest BCUT2D eigenvalue weighted by Gasteiger charge is 2.26. The normalized spacial score (nSPS) is 16.9. The van der Waals surface area contributed by atoms with Crippen LogP contribution in [0.2, 0.25) is 0 Å². The summed E-state index contributed by atoms with van der Waals surface area (Å²) in [6, 6.07) is 2.09. The second-order valence-electron chi connectivity index (χ2n) is 6.97. The van der Waals surface area contributed by atoms with Crippen molar-refractivity contribution < 1.29 is 9.32 Å². The summed E-state index contributed by atoms with van der Waals surface area (Å²) >= 11 is 0. The van der Waals surface area contributed by atoms with E-state index in [9.17, 15) is 4.79 Å². The molecule has 0 radical (unpaired) electrons. The van der Waals surface area contributed by atoms with Crippen molar-refractivity contribution in [3.63, 3.8) is 0 Å². The number of amides is 2. The van der Waals surface area contributed by atoms with Gasteiger partial charge in [0.2, 0.25) is 0 Å². The highest BCUT2D eigenvalue weighted by atomic mass is 16.5. The summed E-state index contributed by atoms with van der Waals surface area (Å²) < 4.78 is 7.15. The van der Waals surface area contributed by atoms with Gasteiger partial charge in [0.05, 0.1) is 5.69 Å². The minimum Gasteiger partial charge on any atom is -0.361 e. The second-order valence-corrected chi connectivity index (χ2v) is 6.97. The zero-order valence-corrected chi connectivity index (χ0v) is 15.5. The minimum atomic E-state index is 0.0158. The summed E-state index contributed by atoms with van der Waals surface area (Å²) in [6.07, 6.45) is 3.79. The number of carbonyl (C=O) groups excluding carboxylic acids is 1. The van der Waals surface area contributed by atoms with Crippen LogP contribution in [-0.2, 0) is 7.05 Å². The molecule has 1 fully saturated rings. The van der Waals surface area contributed by atoms with Crippen LogP contribution >= 0.6 is 0 Å². The van der Waals surface area contributed by atoms with E-state index in [2.05, 4.69) is 28.6 Å². The number of rotatable bonds is 4. The number of nitrogens with zero attached hydrogens (tertiary/aromatic N) is 4. The number of likely N-dealkylation sites (tertiary alicyclic amines) is 1. The van der Waals surface area contributed by atoms with Crippen molar-refractivity contribution in [3.05, 3.63) is 35.0 Å². The van der Waals surface area contributed by atoms with E-state index in [4.69, 9.17) is 4.52 Å². The van der Waals surface area contributed by atoms with Gasteiger partial charge in [-0.1, -0.05) is 12.1 Å². The Morgan fingerprint density at radius 2 is 2.12 bits per heavy atom. The van der Waals surface area contributed by atoms with E-state index >= 15 is 0 Å². The van der Waals surface area contributed by atoms with Crippen LogP contribution in [0.3, 0.4) is 0 Å². The smallest absolute Gasteiger partial charge is 0.317 e. The summed E-state index contributed by atoms with van der Waals surface area (Å²) in [4.78, 5) is 14.4. The molecule has 3 heterocycles. The van der Waals surface area contributed by atoms with Crippen molar-refractivity contribution in [1.82, 2.24) is 25.2 Å². The molecule has 0 aliphatic carbocycles. The van der Waals surface area contributed by atoms with Gasteiger partial charge in [-0.25, -0.2) is 4.79 Å². The van der Waals surface area contributed by atoms with Gasteiger partial charge in [-0.15, -0.1) is 0 Å². The van der Waals surface area contributed by atoms with Crippen LogP contribution in [0.25, 0.3) is 0 Å². The average Bonchev–Trinajstić information content (AvgIpc) is 3.18. The first-order valence-corrected chi connectivity index (χ1v) is 8.90. The number of hydrogen-bond acceptors (Lipinski definition) is 4. The van der Waals surface area contributed by atoms with E-state index in [-0.39, 0.29) is 11.9 Å². The molecule has 1 aliphatic heterocycles. The lowest BCUT2D eigenvalue weighted by Crippen LogP contribution is -2.45. The largest absolute Gasteiger partial charge is 0.361 e. The molecule has 0 aromatic carbocycles. The highest BCUT2D eigenvalue weighted by Crippen LogP contribution is 2.27. The van der Waals surface area contributed by atoms with Crippen LogP contribution in [0.15, 0.2) is 16.8 Å². The molecule has 2 amide bonds. The topological polar surface area (TPSA) is 76.2 Å². The Morgan fingerprint density at radius 3 is 2.68 bits per heavy atom. The van der Waals surface area contributed by atoms with Gasteiger partial charge in [-0.05, 0) is 32.8 Å². The first-order valence-electron chi connectivity index (χ1n) is 8.90. The first-order chi connectivity index (χ1) is 12.0. The lowest BCUT2D eigenvalue weighted by Gasteiger charge is -2.32. The zero-order chi connectivity index (χ0) is 18.0. The summed E-state index contributed by atoms with van der Waals surface area (Å²) in [5, 5.41) is 11.3. The van der Waals surface area contributed by atoms with E-state index in [1.807, 2.05) is 36.7 Å². The molecule has 1 saturated heterocycles. The summed E-state index contributed by atoms with van der Waals surface area (Å²) in [6.45, 7) is 8.08. The maximum atomic E-state index is 12.5. The fraction of sp³-hybridized carbons (Fsp3) is 0.611. The minimum absolute atomic E-state index is 0.0158. The lowest BCUT2D eigenvalue weighted by atomic mass is 9.93. The molecule has 1 aliphatic rings. The van der Waals surface area contributed by atoms with Gasteiger partial charge in [0, 0.05) is 56.0 Å². The molecular formula is C18H27N5O2. The van der Waals surface area contributed by atoms with E-state index in [1.165, 1.54) is 5.69 Å². The third kappa shape index (κ3) is 3.70. The second kappa shape index (κ2) is 7.29. The molecule has 0 spiro atoms. The molecule has 2 aromatic rings. The van der Waals surface area contributed by atoms with Gasteiger partial charge in [0.15, 0.2) is 0 Å². The Labute approximate surface area is 148 Å². The fourth-order valence-electron chi connectivity index (χ4n) is 3.81. The molecule has 0 bridgehead atoms. The lowest BCUT2D eigenvalue weighted by molar-refractivity contribution is 0.180. The molecule has 1 N–H and O–H groups in total. The van der Waals surface area contributed by atoms with Crippen LogP contribution in [0.1, 0.15) is 54.3 Å². The van der Waals surface area contributed by atoms with Crippen LogP contribution in [0.5, 0.6) is 0 Å². The number of piperidine rings is 1. The number of hydrogen-bond donors (Lipinski definition) is 1. The van der Waals surface area contributed by atoms with E-state index in [0.717, 1.165) is 42.9 Å². The van der Waals surface area contributed by atoms with Crippen molar-refractivity contribution in [2.75, 3.05) is 19.6 Å². The predicted octanol–water partition coefficient (Wildman–Crippen LogP) is 2.72. The molecule has 2 aromatic heterocycles. The first kappa shape index (κ1) is 17.5. The van der Waals surface area contributed by atoms with Crippen molar-refractivity contribution in [2.45, 2.75) is 45.4 Å². The van der Waals surface area contributed by atoms with Crippen LogP contribution in [0, 0.1) is 13.8 Å². The summed E-state index contributed by atoms with van der Waals surface area (Å²) in [5.74, 6) is 1.50. The Kier molecular flexibility index (Phi) is 5.11. The number of nitrogens with one attached hydrogen (secondary N) is 1. The molecule has 7 nitrogen and oxygen atoms in total. The SMILES string of the molecule is Cc1noc(C)c1C(C)CNC(=O)N1CCC(c2ccnn2C)CC1. The van der Waals surface area contributed by atoms with Crippen molar-refractivity contribution >= 4 is 6.03 Å². The van der Waals surface area contributed by atoms with Crippen molar-refractivity contribution in [3.8, 4) is 0 Å². The number of carbonyl (C=O) groups is 1. The Balaban J connectivity index is 1.49. The Morgan fingerprint density at radius 1 is 1.40 bits per heavy atom. The number of urea groups is 1. The van der Waals surface area contributed by atoms with Crippen LogP contribution in [0.4, 0.5) is 4.79 Å². The standard InChI is InChI=1S/C18H27N5O2/c1-12(17-13(2)21-25-14(17)3)11-19-18(24)23-9-6-15(7-10-23)16-5-8-20-22(16)4/h5,8,12,15H,6-7,9-11H2,1-4H3,(H,19,24). The third-order valence-electron chi connectivity index (χ3n) is 5.20. The molecule has 25 heavy (non-hydrogen) atoms. The number of aryl methyl sites for hydroxylation is 3. The van der Waals surface area contributed by atoms with Crippen LogP contribution < -0.4 is 5.32 Å². The van der Waals surface area contributed by atoms with Gasteiger partial charge in [0.25, 0.3) is 0 Å². The Hall–Kier alpha value is -2.31. The maximum absolute atomic E-state index is 12.5.